The Balaban J connectivity index is 2.41. The molecule has 0 aliphatic heterocycles. The van der Waals surface area contributed by atoms with Crippen molar-refractivity contribution in [2.24, 2.45) is 0 Å². The van der Waals surface area contributed by atoms with Gasteiger partial charge in [0.1, 0.15) is 0 Å². The van der Waals surface area contributed by atoms with Crippen molar-refractivity contribution < 1.29 is 0 Å². The molecule has 0 nitrogen and oxygen atoms in total. The Morgan fingerprint density at radius 3 is 2.67 bits per heavy atom. The smallest absolute Gasteiger partial charge is 0.00276 e. The standard InChI is InChI=1S/C15H13/c1-2-11-9-10-13-6-3-5-12-7-4-8-14(11)15(12)13/h3-11H,1-2H2. The third kappa shape index (κ3) is 1.21. The minimum absolute atomic E-state index is 0.489. The molecule has 0 amide bonds. The summed E-state index contributed by atoms with van der Waals surface area (Å²) in [6.07, 6.45) is 5.43. The molecule has 1 aliphatic carbocycles. The van der Waals surface area contributed by atoms with Crippen molar-refractivity contribution in [3.63, 3.8) is 0 Å². The van der Waals surface area contributed by atoms with E-state index in [1.807, 2.05) is 0 Å². The van der Waals surface area contributed by atoms with Gasteiger partial charge >= 0.3 is 0 Å². The van der Waals surface area contributed by atoms with Gasteiger partial charge in [-0.25, -0.2) is 0 Å². The van der Waals surface area contributed by atoms with Crippen LogP contribution in [0.15, 0.2) is 42.5 Å². The molecule has 73 valence electrons. The van der Waals surface area contributed by atoms with Gasteiger partial charge in [0.25, 0.3) is 0 Å². The summed E-state index contributed by atoms with van der Waals surface area (Å²) in [5, 5.41) is 2.75. The lowest BCUT2D eigenvalue weighted by Crippen LogP contribution is -1.99. The third-order valence-corrected chi connectivity index (χ3v) is 3.19. The Hall–Kier alpha value is -1.56. The minimum atomic E-state index is 0.489. The number of benzene rings is 2. The van der Waals surface area contributed by atoms with Crippen LogP contribution in [0.1, 0.15) is 23.5 Å². The normalized spacial score (nSPS) is 18.3. The lowest BCUT2D eigenvalue weighted by atomic mass is 9.85. The second-order valence-electron chi connectivity index (χ2n) is 4.05. The van der Waals surface area contributed by atoms with Crippen molar-refractivity contribution in [3.8, 4) is 0 Å². The fraction of sp³-hybridized carbons (Fsp3) is 0.133. The van der Waals surface area contributed by atoms with E-state index < -0.39 is 0 Å². The first-order chi connectivity index (χ1) is 7.40. The van der Waals surface area contributed by atoms with Crippen LogP contribution in [0.25, 0.3) is 16.8 Å². The molecular weight excluding hydrogens is 180 g/mol. The van der Waals surface area contributed by atoms with E-state index in [0.29, 0.717) is 5.92 Å². The Kier molecular flexibility index (Phi) is 1.88. The zero-order chi connectivity index (χ0) is 10.3. The van der Waals surface area contributed by atoms with Gasteiger partial charge in [0.15, 0.2) is 0 Å². The van der Waals surface area contributed by atoms with Gasteiger partial charge in [0, 0.05) is 5.92 Å². The molecule has 0 fully saturated rings. The second kappa shape index (κ2) is 3.23. The first-order valence-electron chi connectivity index (χ1n) is 5.39. The van der Waals surface area contributed by atoms with Gasteiger partial charge in [-0.1, -0.05) is 55.5 Å². The highest BCUT2D eigenvalue weighted by atomic mass is 14.2. The Bertz CT molecular complexity index is 529. The topological polar surface area (TPSA) is 0 Å². The van der Waals surface area contributed by atoms with Crippen molar-refractivity contribution in [3.05, 3.63) is 60.5 Å². The monoisotopic (exact) mass is 193 g/mol. The molecule has 2 aromatic rings. The highest BCUT2D eigenvalue weighted by molar-refractivity contribution is 5.95. The number of allylic oxidation sites excluding steroid dienone is 1. The molecule has 1 unspecified atom stereocenters. The molecule has 0 spiro atoms. The molecule has 1 radical (unpaired) electrons. The van der Waals surface area contributed by atoms with Gasteiger partial charge in [-0.15, -0.1) is 0 Å². The predicted molar refractivity (Wildman–Crippen MR) is 65.7 cm³/mol. The fourth-order valence-electron chi connectivity index (χ4n) is 2.42. The second-order valence-corrected chi connectivity index (χ2v) is 4.05. The van der Waals surface area contributed by atoms with Crippen molar-refractivity contribution in [2.75, 3.05) is 0 Å². The number of rotatable bonds is 1. The summed E-state index contributed by atoms with van der Waals surface area (Å²) in [5.74, 6) is 0.489. The molecule has 0 saturated heterocycles. The maximum Gasteiger partial charge on any atom is 0.00276 e. The Labute approximate surface area is 90.2 Å². The van der Waals surface area contributed by atoms with E-state index in [-0.39, 0.29) is 0 Å². The molecule has 1 aliphatic rings. The van der Waals surface area contributed by atoms with Crippen molar-refractivity contribution in [1.82, 2.24) is 0 Å². The van der Waals surface area contributed by atoms with Crippen molar-refractivity contribution in [1.29, 1.82) is 0 Å². The van der Waals surface area contributed by atoms with Gasteiger partial charge in [-0.3, -0.25) is 0 Å². The molecular formula is C15H13. The molecule has 0 aromatic heterocycles. The molecule has 0 heteroatoms. The summed E-state index contributed by atoms with van der Waals surface area (Å²) >= 11 is 0. The fourth-order valence-corrected chi connectivity index (χ4v) is 2.42. The van der Waals surface area contributed by atoms with Crippen LogP contribution >= 0.6 is 0 Å². The van der Waals surface area contributed by atoms with Crippen LogP contribution in [0.2, 0.25) is 0 Å². The van der Waals surface area contributed by atoms with Gasteiger partial charge in [0.05, 0.1) is 0 Å². The number of hydrogen-bond acceptors (Lipinski definition) is 0. The summed E-state index contributed by atoms with van der Waals surface area (Å²) < 4.78 is 0. The van der Waals surface area contributed by atoms with Crippen LogP contribution in [0.4, 0.5) is 0 Å². The first kappa shape index (κ1) is 8.72. The molecule has 0 heterocycles. The summed E-state index contributed by atoms with van der Waals surface area (Å²) in [6.45, 7) is 4.02. The summed E-state index contributed by atoms with van der Waals surface area (Å²) in [6, 6.07) is 13.0. The van der Waals surface area contributed by atoms with E-state index in [9.17, 15) is 0 Å². The van der Waals surface area contributed by atoms with Crippen LogP contribution in [0.5, 0.6) is 0 Å². The molecule has 0 N–H and O–H groups in total. The third-order valence-electron chi connectivity index (χ3n) is 3.19. The molecule has 3 rings (SSSR count). The lowest BCUT2D eigenvalue weighted by molar-refractivity contribution is 0.869. The first-order valence-corrected chi connectivity index (χ1v) is 5.39. The van der Waals surface area contributed by atoms with Crippen LogP contribution in [0.3, 0.4) is 0 Å². The highest BCUT2D eigenvalue weighted by Crippen LogP contribution is 2.35. The van der Waals surface area contributed by atoms with E-state index in [1.54, 1.807) is 0 Å². The average Bonchev–Trinajstić information content (AvgIpc) is 2.30. The zero-order valence-electron chi connectivity index (χ0n) is 8.61. The van der Waals surface area contributed by atoms with E-state index in [2.05, 4.69) is 55.5 Å². The van der Waals surface area contributed by atoms with Crippen molar-refractivity contribution in [2.45, 2.75) is 12.3 Å². The van der Waals surface area contributed by atoms with Gasteiger partial charge < -0.3 is 0 Å². The molecule has 1 atom stereocenters. The van der Waals surface area contributed by atoms with E-state index >= 15 is 0 Å². The SMILES string of the molecule is [CH2]CC1C=Cc2cccc3cccc1c23. The van der Waals surface area contributed by atoms with Gasteiger partial charge in [0.2, 0.25) is 0 Å². The molecule has 15 heavy (non-hydrogen) atoms. The van der Waals surface area contributed by atoms with E-state index in [0.717, 1.165) is 6.42 Å². The van der Waals surface area contributed by atoms with Crippen LogP contribution in [-0.4, -0.2) is 0 Å². The van der Waals surface area contributed by atoms with E-state index in [1.165, 1.54) is 21.9 Å². The maximum absolute atomic E-state index is 4.02. The summed E-state index contributed by atoms with van der Waals surface area (Å²) in [4.78, 5) is 0. The summed E-state index contributed by atoms with van der Waals surface area (Å²) in [7, 11) is 0. The van der Waals surface area contributed by atoms with Crippen molar-refractivity contribution >= 4 is 16.8 Å². The summed E-state index contributed by atoms with van der Waals surface area (Å²) in [5.41, 5.74) is 2.77. The lowest BCUT2D eigenvalue weighted by Gasteiger charge is -2.19. The number of hydrogen-bond donors (Lipinski definition) is 0. The zero-order valence-corrected chi connectivity index (χ0v) is 8.61. The molecule has 0 saturated carbocycles. The maximum atomic E-state index is 4.02. The highest BCUT2D eigenvalue weighted by Gasteiger charge is 2.14. The Morgan fingerprint density at radius 1 is 1.07 bits per heavy atom. The minimum Gasteiger partial charge on any atom is -0.0764 e. The van der Waals surface area contributed by atoms with Gasteiger partial charge in [-0.05, 0) is 28.3 Å². The van der Waals surface area contributed by atoms with Gasteiger partial charge in [-0.2, -0.15) is 0 Å². The molecule has 0 bridgehead atoms. The van der Waals surface area contributed by atoms with Crippen LogP contribution in [-0.2, 0) is 0 Å². The average molecular weight is 193 g/mol. The largest absolute Gasteiger partial charge is 0.0764 e. The molecule has 2 aromatic carbocycles. The van der Waals surface area contributed by atoms with Crippen LogP contribution < -0.4 is 0 Å². The van der Waals surface area contributed by atoms with Crippen LogP contribution in [0, 0.1) is 6.92 Å². The quantitative estimate of drug-likeness (QED) is 0.637. The van der Waals surface area contributed by atoms with E-state index in [4.69, 9.17) is 0 Å². The predicted octanol–water partition coefficient (Wildman–Crippen LogP) is 4.17. The Morgan fingerprint density at radius 2 is 1.87 bits per heavy atom.